The zero-order valence-corrected chi connectivity index (χ0v) is 15.5. The Bertz CT molecular complexity index is 414. The second-order valence-corrected chi connectivity index (χ2v) is 8.32. The van der Waals surface area contributed by atoms with E-state index in [1.54, 1.807) is 0 Å². The van der Waals surface area contributed by atoms with Gasteiger partial charge in [0, 0.05) is 38.8 Å². The van der Waals surface area contributed by atoms with Crippen LogP contribution in [0.5, 0.6) is 0 Å². The summed E-state index contributed by atoms with van der Waals surface area (Å²) in [7, 11) is 0. The van der Waals surface area contributed by atoms with Crippen LogP contribution in [0.4, 0.5) is 0 Å². The summed E-state index contributed by atoms with van der Waals surface area (Å²) in [5.41, 5.74) is 0.648. The molecule has 3 rings (SSSR count). The standard InChI is InChI=1S/C19H36N4/c1-4-20-18(23-12-10-19(15-23)8-6-9-19)21-13-17-7-5-11-22(14-17)16(2)3/h16-17H,4-15H2,1-3H3,(H,20,21). The van der Waals surface area contributed by atoms with Gasteiger partial charge in [0.05, 0.1) is 0 Å². The minimum absolute atomic E-state index is 0.648. The third kappa shape index (κ3) is 4.01. The molecule has 1 atom stereocenters. The summed E-state index contributed by atoms with van der Waals surface area (Å²) < 4.78 is 0. The van der Waals surface area contributed by atoms with Crippen LogP contribution in [0.15, 0.2) is 4.99 Å². The van der Waals surface area contributed by atoms with Gasteiger partial charge in [0.1, 0.15) is 0 Å². The van der Waals surface area contributed by atoms with Crippen LogP contribution < -0.4 is 5.32 Å². The first-order valence-electron chi connectivity index (χ1n) is 9.89. The van der Waals surface area contributed by atoms with Crippen molar-refractivity contribution in [1.29, 1.82) is 0 Å². The summed E-state index contributed by atoms with van der Waals surface area (Å²) in [6.45, 7) is 13.7. The molecular formula is C19H36N4. The van der Waals surface area contributed by atoms with Crippen LogP contribution in [-0.2, 0) is 0 Å². The maximum absolute atomic E-state index is 5.04. The minimum atomic E-state index is 0.648. The smallest absolute Gasteiger partial charge is 0.193 e. The molecule has 0 aromatic carbocycles. The van der Waals surface area contributed by atoms with Crippen LogP contribution in [-0.4, -0.2) is 61.1 Å². The van der Waals surface area contributed by atoms with Crippen molar-refractivity contribution in [3.05, 3.63) is 0 Å². The minimum Gasteiger partial charge on any atom is -0.357 e. The van der Waals surface area contributed by atoms with Crippen LogP contribution >= 0.6 is 0 Å². The van der Waals surface area contributed by atoms with E-state index in [9.17, 15) is 0 Å². The molecule has 4 nitrogen and oxygen atoms in total. The van der Waals surface area contributed by atoms with Crippen molar-refractivity contribution in [3.8, 4) is 0 Å². The van der Waals surface area contributed by atoms with Crippen molar-refractivity contribution >= 4 is 5.96 Å². The van der Waals surface area contributed by atoms with Crippen molar-refractivity contribution in [2.45, 2.75) is 65.3 Å². The lowest BCUT2D eigenvalue weighted by molar-refractivity contribution is 0.142. The average Bonchev–Trinajstić information content (AvgIpc) is 2.97. The molecule has 1 unspecified atom stereocenters. The highest BCUT2D eigenvalue weighted by Gasteiger charge is 2.43. The number of hydrogen-bond donors (Lipinski definition) is 1. The van der Waals surface area contributed by atoms with Crippen molar-refractivity contribution in [3.63, 3.8) is 0 Å². The number of rotatable bonds is 4. The number of likely N-dealkylation sites (tertiary alicyclic amines) is 2. The van der Waals surface area contributed by atoms with Gasteiger partial charge in [0.15, 0.2) is 5.96 Å². The number of nitrogens with one attached hydrogen (secondary N) is 1. The van der Waals surface area contributed by atoms with Crippen molar-refractivity contribution in [2.75, 3.05) is 39.3 Å². The van der Waals surface area contributed by atoms with E-state index in [-0.39, 0.29) is 0 Å². The van der Waals surface area contributed by atoms with E-state index in [2.05, 4.69) is 35.9 Å². The third-order valence-electron chi connectivity index (χ3n) is 6.27. The normalized spacial score (nSPS) is 28.4. The highest BCUT2D eigenvalue weighted by Crippen LogP contribution is 2.47. The van der Waals surface area contributed by atoms with Gasteiger partial charge in [-0.15, -0.1) is 0 Å². The Morgan fingerprint density at radius 2 is 2.04 bits per heavy atom. The molecular weight excluding hydrogens is 284 g/mol. The number of aliphatic imine (C=N–C) groups is 1. The van der Waals surface area contributed by atoms with Crippen molar-refractivity contribution in [1.82, 2.24) is 15.1 Å². The fourth-order valence-electron chi connectivity index (χ4n) is 4.56. The number of guanidine groups is 1. The van der Waals surface area contributed by atoms with E-state index in [0.717, 1.165) is 19.0 Å². The first-order chi connectivity index (χ1) is 11.1. The zero-order chi connectivity index (χ0) is 16.3. The Hall–Kier alpha value is -0.770. The molecule has 23 heavy (non-hydrogen) atoms. The van der Waals surface area contributed by atoms with Gasteiger partial charge < -0.3 is 15.1 Å². The molecule has 2 saturated heterocycles. The lowest BCUT2D eigenvalue weighted by atomic mass is 9.68. The summed E-state index contributed by atoms with van der Waals surface area (Å²) in [4.78, 5) is 10.2. The van der Waals surface area contributed by atoms with Gasteiger partial charge >= 0.3 is 0 Å². The average molecular weight is 321 g/mol. The van der Waals surface area contributed by atoms with Crippen LogP contribution in [0.1, 0.15) is 59.3 Å². The molecule has 0 aromatic rings. The lowest BCUT2D eigenvalue weighted by Crippen LogP contribution is -2.44. The Morgan fingerprint density at radius 1 is 1.22 bits per heavy atom. The van der Waals surface area contributed by atoms with E-state index >= 15 is 0 Å². The fraction of sp³-hybridized carbons (Fsp3) is 0.947. The first kappa shape index (κ1) is 17.1. The van der Waals surface area contributed by atoms with Crippen LogP contribution in [0.2, 0.25) is 0 Å². The molecule has 1 aliphatic carbocycles. The summed E-state index contributed by atoms with van der Waals surface area (Å²) >= 11 is 0. The van der Waals surface area contributed by atoms with E-state index in [1.807, 2.05) is 0 Å². The predicted octanol–water partition coefficient (Wildman–Crippen LogP) is 2.95. The molecule has 1 spiro atoms. The summed E-state index contributed by atoms with van der Waals surface area (Å²) in [6, 6.07) is 0.673. The second kappa shape index (κ2) is 7.42. The van der Waals surface area contributed by atoms with Gasteiger partial charge in [-0.3, -0.25) is 4.99 Å². The van der Waals surface area contributed by atoms with Crippen LogP contribution in [0, 0.1) is 11.3 Å². The quantitative estimate of drug-likeness (QED) is 0.638. The number of nitrogens with zero attached hydrogens (tertiary/aromatic N) is 3. The van der Waals surface area contributed by atoms with Crippen LogP contribution in [0.3, 0.4) is 0 Å². The number of hydrogen-bond acceptors (Lipinski definition) is 2. The monoisotopic (exact) mass is 320 g/mol. The first-order valence-corrected chi connectivity index (χ1v) is 9.89. The molecule has 4 heteroatoms. The van der Waals surface area contributed by atoms with Crippen LogP contribution in [0.25, 0.3) is 0 Å². The summed E-state index contributed by atoms with van der Waals surface area (Å²) in [6.07, 6.45) is 8.37. The molecule has 2 aliphatic heterocycles. The summed E-state index contributed by atoms with van der Waals surface area (Å²) in [5, 5.41) is 3.55. The molecule has 0 aromatic heterocycles. The largest absolute Gasteiger partial charge is 0.357 e. The van der Waals surface area contributed by atoms with E-state index < -0.39 is 0 Å². The Labute approximate surface area is 142 Å². The Kier molecular flexibility index (Phi) is 5.50. The Balaban J connectivity index is 1.56. The maximum atomic E-state index is 5.04. The van der Waals surface area contributed by atoms with E-state index in [0.29, 0.717) is 11.5 Å². The van der Waals surface area contributed by atoms with E-state index in [1.165, 1.54) is 70.7 Å². The molecule has 0 amide bonds. The third-order valence-corrected chi connectivity index (χ3v) is 6.27. The van der Waals surface area contributed by atoms with E-state index in [4.69, 9.17) is 4.99 Å². The van der Waals surface area contributed by atoms with Gasteiger partial charge in [-0.1, -0.05) is 6.42 Å². The fourth-order valence-corrected chi connectivity index (χ4v) is 4.56. The molecule has 3 aliphatic rings. The molecule has 2 heterocycles. The highest BCUT2D eigenvalue weighted by atomic mass is 15.3. The lowest BCUT2D eigenvalue weighted by Gasteiger charge is -2.38. The highest BCUT2D eigenvalue weighted by molar-refractivity contribution is 5.80. The molecule has 3 fully saturated rings. The molecule has 1 saturated carbocycles. The zero-order valence-electron chi connectivity index (χ0n) is 15.5. The molecule has 132 valence electrons. The predicted molar refractivity (Wildman–Crippen MR) is 97.9 cm³/mol. The topological polar surface area (TPSA) is 30.9 Å². The van der Waals surface area contributed by atoms with Crippen molar-refractivity contribution in [2.24, 2.45) is 16.3 Å². The molecule has 1 N–H and O–H groups in total. The second-order valence-electron chi connectivity index (χ2n) is 8.32. The number of piperidine rings is 1. The molecule has 0 bridgehead atoms. The maximum Gasteiger partial charge on any atom is 0.193 e. The van der Waals surface area contributed by atoms with Gasteiger partial charge in [-0.2, -0.15) is 0 Å². The Morgan fingerprint density at radius 3 is 2.65 bits per heavy atom. The van der Waals surface area contributed by atoms with Gasteiger partial charge in [0.25, 0.3) is 0 Å². The SMILES string of the molecule is CCNC(=NCC1CCCN(C(C)C)C1)N1CCC2(CCC2)C1. The van der Waals surface area contributed by atoms with Gasteiger partial charge in [-0.05, 0) is 70.8 Å². The summed E-state index contributed by atoms with van der Waals surface area (Å²) in [5.74, 6) is 1.91. The van der Waals surface area contributed by atoms with Crippen molar-refractivity contribution < 1.29 is 0 Å². The van der Waals surface area contributed by atoms with Gasteiger partial charge in [-0.25, -0.2) is 0 Å². The van der Waals surface area contributed by atoms with Gasteiger partial charge in [0.2, 0.25) is 0 Å². The molecule has 0 radical (unpaired) electrons.